The molecule has 17 heavy (non-hydrogen) atoms. The lowest BCUT2D eigenvalue weighted by molar-refractivity contribution is 0.00399. The highest BCUT2D eigenvalue weighted by atomic mass is 32.2. The second kappa shape index (κ2) is 11.0. The van der Waals surface area contributed by atoms with Crippen molar-refractivity contribution in [3.63, 3.8) is 0 Å². The SMILES string of the molecule is COCCOCCOCCOCC1CC=CS1. The average molecular weight is 262 g/mol. The van der Waals surface area contributed by atoms with Gasteiger partial charge in [0.15, 0.2) is 0 Å². The Bertz CT molecular complexity index is 191. The van der Waals surface area contributed by atoms with Crippen LogP contribution in [0, 0.1) is 0 Å². The van der Waals surface area contributed by atoms with Gasteiger partial charge >= 0.3 is 0 Å². The van der Waals surface area contributed by atoms with E-state index in [2.05, 4.69) is 11.5 Å². The van der Waals surface area contributed by atoms with Crippen molar-refractivity contribution >= 4 is 11.8 Å². The minimum absolute atomic E-state index is 0.604. The summed E-state index contributed by atoms with van der Waals surface area (Å²) in [7, 11) is 1.66. The van der Waals surface area contributed by atoms with Crippen LogP contribution >= 0.6 is 11.8 Å². The van der Waals surface area contributed by atoms with Crippen LogP contribution in [0.25, 0.3) is 0 Å². The summed E-state index contributed by atoms with van der Waals surface area (Å²) in [5.74, 6) is 0. The van der Waals surface area contributed by atoms with Gasteiger partial charge in [-0.2, -0.15) is 0 Å². The average Bonchev–Trinajstić information content (AvgIpc) is 2.85. The first-order valence-electron chi connectivity index (χ1n) is 5.96. The highest BCUT2D eigenvalue weighted by Crippen LogP contribution is 2.23. The normalized spacial score (nSPS) is 19.0. The summed E-state index contributed by atoms with van der Waals surface area (Å²) in [5, 5.41) is 2.74. The van der Waals surface area contributed by atoms with Gasteiger partial charge in [-0.05, 0) is 11.8 Å². The minimum Gasteiger partial charge on any atom is -0.382 e. The summed E-state index contributed by atoms with van der Waals surface area (Å²) in [6.07, 6.45) is 3.31. The van der Waals surface area contributed by atoms with Gasteiger partial charge in [-0.3, -0.25) is 0 Å². The molecule has 1 atom stereocenters. The van der Waals surface area contributed by atoms with E-state index in [-0.39, 0.29) is 0 Å². The van der Waals surface area contributed by atoms with Gasteiger partial charge in [0.05, 0.1) is 46.2 Å². The van der Waals surface area contributed by atoms with Crippen molar-refractivity contribution in [2.24, 2.45) is 0 Å². The second-order valence-electron chi connectivity index (χ2n) is 3.66. The molecular formula is C12H22O4S. The molecule has 1 unspecified atom stereocenters. The van der Waals surface area contributed by atoms with Crippen molar-refractivity contribution < 1.29 is 18.9 Å². The molecule has 0 aromatic rings. The fraction of sp³-hybridized carbons (Fsp3) is 0.833. The standard InChI is InChI=1S/C12H22O4S/c1-13-4-5-14-6-7-15-8-9-16-11-12-3-2-10-17-12/h2,10,12H,3-9,11H2,1H3. The first-order valence-corrected chi connectivity index (χ1v) is 6.90. The molecule has 1 aliphatic heterocycles. The summed E-state index contributed by atoms with van der Waals surface area (Å²) in [4.78, 5) is 0. The van der Waals surface area contributed by atoms with Crippen LogP contribution in [0.3, 0.4) is 0 Å². The summed E-state index contributed by atoms with van der Waals surface area (Å²) >= 11 is 1.84. The summed E-state index contributed by atoms with van der Waals surface area (Å²) in [5.41, 5.74) is 0. The zero-order valence-electron chi connectivity index (χ0n) is 10.4. The molecule has 4 nitrogen and oxygen atoms in total. The second-order valence-corrected chi connectivity index (χ2v) is 4.87. The van der Waals surface area contributed by atoms with E-state index in [9.17, 15) is 0 Å². The number of allylic oxidation sites excluding steroid dienone is 1. The predicted octanol–water partition coefficient (Wildman–Crippen LogP) is 1.70. The molecule has 0 amide bonds. The summed E-state index contributed by atoms with van der Waals surface area (Å²) in [6.45, 7) is 4.61. The molecule has 0 saturated heterocycles. The number of methoxy groups -OCH3 is 1. The summed E-state index contributed by atoms with van der Waals surface area (Å²) in [6, 6.07) is 0. The van der Waals surface area contributed by atoms with Crippen LogP contribution in [0.4, 0.5) is 0 Å². The molecule has 0 N–H and O–H groups in total. The molecule has 0 aromatic carbocycles. The van der Waals surface area contributed by atoms with Crippen molar-refractivity contribution in [2.75, 3.05) is 53.4 Å². The Labute approximate surface area is 108 Å². The molecule has 0 fully saturated rings. The molecule has 0 spiro atoms. The number of rotatable bonds is 11. The van der Waals surface area contributed by atoms with E-state index in [1.807, 2.05) is 11.8 Å². The molecule has 0 radical (unpaired) electrons. The summed E-state index contributed by atoms with van der Waals surface area (Å²) < 4.78 is 21.0. The molecule has 0 saturated carbocycles. The van der Waals surface area contributed by atoms with Crippen LogP contribution in [-0.2, 0) is 18.9 Å². The van der Waals surface area contributed by atoms with Gasteiger partial charge in [-0.1, -0.05) is 6.08 Å². The highest BCUT2D eigenvalue weighted by Gasteiger charge is 2.10. The van der Waals surface area contributed by atoms with Crippen LogP contribution in [-0.4, -0.2) is 58.6 Å². The van der Waals surface area contributed by atoms with Gasteiger partial charge in [0.2, 0.25) is 0 Å². The molecule has 0 bridgehead atoms. The Morgan fingerprint density at radius 2 is 1.65 bits per heavy atom. The van der Waals surface area contributed by atoms with E-state index in [1.54, 1.807) is 7.11 Å². The molecule has 1 aliphatic rings. The van der Waals surface area contributed by atoms with Gasteiger partial charge in [-0.15, -0.1) is 11.8 Å². The molecule has 1 rings (SSSR count). The van der Waals surface area contributed by atoms with E-state index >= 15 is 0 Å². The Kier molecular flexibility index (Phi) is 9.74. The van der Waals surface area contributed by atoms with Crippen LogP contribution in [0.5, 0.6) is 0 Å². The smallest absolute Gasteiger partial charge is 0.0701 e. The zero-order valence-corrected chi connectivity index (χ0v) is 11.2. The zero-order chi connectivity index (χ0) is 12.2. The van der Waals surface area contributed by atoms with Crippen molar-refractivity contribution in [3.05, 3.63) is 11.5 Å². The molecule has 1 heterocycles. The van der Waals surface area contributed by atoms with Crippen LogP contribution in [0.1, 0.15) is 6.42 Å². The molecule has 100 valence electrons. The van der Waals surface area contributed by atoms with Gasteiger partial charge in [0.1, 0.15) is 0 Å². The third kappa shape index (κ3) is 8.63. The van der Waals surface area contributed by atoms with Crippen LogP contribution in [0.15, 0.2) is 11.5 Å². The maximum atomic E-state index is 5.52. The van der Waals surface area contributed by atoms with Gasteiger partial charge in [0.25, 0.3) is 0 Å². The Morgan fingerprint density at radius 3 is 2.24 bits per heavy atom. The van der Waals surface area contributed by atoms with Crippen LogP contribution < -0.4 is 0 Å². The number of thioether (sulfide) groups is 1. The fourth-order valence-corrected chi connectivity index (χ4v) is 2.18. The van der Waals surface area contributed by atoms with E-state index in [4.69, 9.17) is 18.9 Å². The third-order valence-corrected chi connectivity index (χ3v) is 3.31. The topological polar surface area (TPSA) is 36.9 Å². The number of hydrogen-bond donors (Lipinski definition) is 0. The molecule has 5 heteroatoms. The molecule has 0 aliphatic carbocycles. The monoisotopic (exact) mass is 262 g/mol. The Balaban J connectivity index is 1.69. The first kappa shape index (κ1) is 15.0. The Hall–Kier alpha value is -0.0700. The number of hydrogen-bond acceptors (Lipinski definition) is 5. The quantitative estimate of drug-likeness (QED) is 0.530. The van der Waals surface area contributed by atoms with Crippen molar-refractivity contribution in [1.29, 1.82) is 0 Å². The lowest BCUT2D eigenvalue weighted by Crippen LogP contribution is -2.14. The Morgan fingerprint density at radius 1 is 1.00 bits per heavy atom. The van der Waals surface area contributed by atoms with Crippen molar-refractivity contribution in [1.82, 2.24) is 0 Å². The fourth-order valence-electron chi connectivity index (χ4n) is 1.33. The van der Waals surface area contributed by atoms with Crippen molar-refractivity contribution in [2.45, 2.75) is 11.7 Å². The predicted molar refractivity (Wildman–Crippen MR) is 69.5 cm³/mol. The maximum Gasteiger partial charge on any atom is 0.0701 e. The highest BCUT2D eigenvalue weighted by molar-refractivity contribution is 8.03. The first-order chi connectivity index (χ1) is 8.43. The van der Waals surface area contributed by atoms with E-state index in [1.165, 1.54) is 0 Å². The maximum absolute atomic E-state index is 5.52. The largest absolute Gasteiger partial charge is 0.382 e. The molecular weight excluding hydrogens is 240 g/mol. The molecule has 0 aromatic heterocycles. The van der Waals surface area contributed by atoms with Gasteiger partial charge in [-0.25, -0.2) is 0 Å². The third-order valence-electron chi connectivity index (χ3n) is 2.25. The van der Waals surface area contributed by atoms with E-state index in [0.717, 1.165) is 13.0 Å². The van der Waals surface area contributed by atoms with E-state index in [0.29, 0.717) is 44.9 Å². The van der Waals surface area contributed by atoms with Gasteiger partial charge in [0, 0.05) is 12.4 Å². The van der Waals surface area contributed by atoms with Crippen molar-refractivity contribution in [3.8, 4) is 0 Å². The number of ether oxygens (including phenoxy) is 4. The minimum atomic E-state index is 0.604. The van der Waals surface area contributed by atoms with E-state index < -0.39 is 0 Å². The van der Waals surface area contributed by atoms with Crippen LogP contribution in [0.2, 0.25) is 0 Å². The lowest BCUT2D eigenvalue weighted by atomic mass is 10.3. The van der Waals surface area contributed by atoms with Gasteiger partial charge < -0.3 is 18.9 Å². The lowest BCUT2D eigenvalue weighted by Gasteiger charge is -2.09.